The zero-order valence-corrected chi connectivity index (χ0v) is 12.9. The van der Waals surface area contributed by atoms with E-state index in [0.29, 0.717) is 5.75 Å². The lowest BCUT2D eigenvalue weighted by Gasteiger charge is -2.23. The number of nitrogens with two attached hydrogens (primary N) is 1. The number of hydrogen-bond donors (Lipinski definition) is 1. The van der Waals surface area contributed by atoms with E-state index in [1.807, 2.05) is 32.0 Å². The third kappa shape index (κ3) is 3.96. The average Bonchev–Trinajstić information content (AvgIpc) is 2.47. The topological polar surface area (TPSA) is 35.2 Å². The number of benzene rings is 2. The fraction of sp³-hybridized carbons (Fsp3) is 0.294. The number of hydrogen-bond acceptors (Lipinski definition) is 2. The van der Waals surface area contributed by atoms with E-state index in [4.69, 9.17) is 22.1 Å². The van der Waals surface area contributed by atoms with Gasteiger partial charge in [0.2, 0.25) is 0 Å². The van der Waals surface area contributed by atoms with Crippen molar-refractivity contribution in [1.29, 1.82) is 0 Å². The molecule has 0 aliphatic carbocycles. The second-order valence-electron chi connectivity index (χ2n) is 5.06. The molecule has 0 amide bonds. The summed E-state index contributed by atoms with van der Waals surface area (Å²) in [6.45, 7) is 3.90. The van der Waals surface area contributed by atoms with E-state index in [0.717, 1.165) is 22.6 Å². The van der Waals surface area contributed by atoms with Crippen molar-refractivity contribution < 1.29 is 9.13 Å². The quantitative estimate of drug-likeness (QED) is 0.882. The molecule has 0 saturated carbocycles. The van der Waals surface area contributed by atoms with Crippen LogP contribution in [-0.2, 0) is 6.42 Å². The van der Waals surface area contributed by atoms with Crippen molar-refractivity contribution in [1.82, 2.24) is 0 Å². The highest BCUT2D eigenvalue weighted by Crippen LogP contribution is 2.28. The van der Waals surface area contributed by atoms with E-state index in [9.17, 15) is 4.39 Å². The van der Waals surface area contributed by atoms with Crippen LogP contribution in [0.4, 0.5) is 4.39 Å². The van der Waals surface area contributed by atoms with Crippen molar-refractivity contribution in [3.05, 3.63) is 64.4 Å². The summed E-state index contributed by atoms with van der Waals surface area (Å²) in [5.74, 6) is 0.435. The fourth-order valence-electron chi connectivity index (χ4n) is 2.17. The van der Waals surface area contributed by atoms with Gasteiger partial charge in [0.25, 0.3) is 0 Å². The van der Waals surface area contributed by atoms with Gasteiger partial charge in [0.15, 0.2) is 0 Å². The Hall–Kier alpha value is -1.58. The van der Waals surface area contributed by atoms with Crippen molar-refractivity contribution in [2.75, 3.05) is 0 Å². The van der Waals surface area contributed by atoms with Crippen molar-refractivity contribution in [2.24, 2.45) is 5.73 Å². The standard InChI is InChI=1S/C17H19ClFNO/c1-3-12-10-15(8-9-16(12)18)21-17(11(2)20)13-4-6-14(19)7-5-13/h4-11,17H,3,20H2,1-2H3. The van der Waals surface area contributed by atoms with Crippen molar-refractivity contribution in [3.63, 3.8) is 0 Å². The Morgan fingerprint density at radius 3 is 2.43 bits per heavy atom. The first kappa shape index (κ1) is 15.8. The van der Waals surface area contributed by atoms with Crippen LogP contribution < -0.4 is 10.5 Å². The Kier molecular flexibility index (Phi) is 5.21. The van der Waals surface area contributed by atoms with E-state index in [2.05, 4.69) is 0 Å². The molecule has 112 valence electrons. The van der Waals surface area contributed by atoms with Crippen molar-refractivity contribution in [3.8, 4) is 5.75 Å². The first-order valence-electron chi connectivity index (χ1n) is 6.97. The van der Waals surface area contributed by atoms with Crippen LogP contribution in [0.3, 0.4) is 0 Å². The number of aryl methyl sites for hydroxylation is 1. The molecule has 0 heterocycles. The molecule has 2 rings (SSSR count). The molecule has 2 nitrogen and oxygen atoms in total. The van der Waals surface area contributed by atoms with Gasteiger partial charge in [0.05, 0.1) is 0 Å². The Morgan fingerprint density at radius 2 is 1.86 bits per heavy atom. The average molecular weight is 308 g/mol. The van der Waals surface area contributed by atoms with Gasteiger partial charge in [-0.1, -0.05) is 30.7 Å². The summed E-state index contributed by atoms with van der Waals surface area (Å²) in [4.78, 5) is 0. The summed E-state index contributed by atoms with van der Waals surface area (Å²) in [5.41, 5.74) is 7.88. The Morgan fingerprint density at radius 1 is 1.19 bits per heavy atom. The molecule has 4 heteroatoms. The highest BCUT2D eigenvalue weighted by Gasteiger charge is 2.18. The van der Waals surface area contributed by atoms with Gasteiger partial charge < -0.3 is 10.5 Å². The zero-order chi connectivity index (χ0) is 15.4. The Balaban J connectivity index is 2.26. The number of ether oxygens (including phenoxy) is 1. The molecule has 0 radical (unpaired) electrons. The molecule has 0 bridgehead atoms. The van der Waals surface area contributed by atoms with E-state index in [1.165, 1.54) is 12.1 Å². The lowest BCUT2D eigenvalue weighted by atomic mass is 10.0. The molecule has 0 fully saturated rings. The van der Waals surface area contributed by atoms with Gasteiger partial charge >= 0.3 is 0 Å². The predicted octanol–water partition coefficient (Wildman–Crippen LogP) is 4.51. The van der Waals surface area contributed by atoms with Gasteiger partial charge in [-0.3, -0.25) is 0 Å². The fourth-order valence-corrected chi connectivity index (χ4v) is 2.42. The summed E-state index contributed by atoms with van der Waals surface area (Å²) < 4.78 is 19.0. The third-order valence-corrected chi connectivity index (χ3v) is 3.71. The second-order valence-corrected chi connectivity index (χ2v) is 5.46. The number of halogens is 2. The van der Waals surface area contributed by atoms with E-state index in [1.54, 1.807) is 12.1 Å². The van der Waals surface area contributed by atoms with E-state index in [-0.39, 0.29) is 18.0 Å². The van der Waals surface area contributed by atoms with Gasteiger partial charge in [-0.15, -0.1) is 0 Å². The minimum absolute atomic E-state index is 0.226. The lowest BCUT2D eigenvalue weighted by molar-refractivity contribution is 0.180. The molecule has 2 atom stereocenters. The smallest absolute Gasteiger partial charge is 0.138 e. The van der Waals surface area contributed by atoms with Crippen LogP contribution in [0.25, 0.3) is 0 Å². The van der Waals surface area contributed by atoms with Gasteiger partial charge in [-0.05, 0) is 54.8 Å². The Bertz CT molecular complexity index is 598. The van der Waals surface area contributed by atoms with Crippen LogP contribution in [-0.4, -0.2) is 6.04 Å². The monoisotopic (exact) mass is 307 g/mol. The third-order valence-electron chi connectivity index (χ3n) is 3.34. The summed E-state index contributed by atoms with van der Waals surface area (Å²) in [7, 11) is 0. The van der Waals surface area contributed by atoms with Gasteiger partial charge in [0.1, 0.15) is 17.7 Å². The minimum atomic E-state index is -0.337. The molecule has 0 aromatic heterocycles. The zero-order valence-electron chi connectivity index (χ0n) is 12.1. The van der Waals surface area contributed by atoms with Crippen LogP contribution in [0, 0.1) is 5.82 Å². The molecular formula is C17H19ClFNO. The van der Waals surface area contributed by atoms with Crippen LogP contribution in [0.2, 0.25) is 5.02 Å². The van der Waals surface area contributed by atoms with E-state index < -0.39 is 0 Å². The number of rotatable bonds is 5. The van der Waals surface area contributed by atoms with E-state index >= 15 is 0 Å². The largest absolute Gasteiger partial charge is 0.484 e. The summed E-state index contributed by atoms with van der Waals surface area (Å²) in [5, 5.41) is 0.726. The van der Waals surface area contributed by atoms with Crippen LogP contribution in [0.1, 0.15) is 31.1 Å². The van der Waals surface area contributed by atoms with Crippen LogP contribution in [0.5, 0.6) is 5.75 Å². The maximum atomic E-state index is 13.0. The highest BCUT2D eigenvalue weighted by molar-refractivity contribution is 6.31. The summed E-state index contributed by atoms with van der Waals surface area (Å²) in [6.07, 6.45) is 0.492. The normalized spacial score (nSPS) is 13.8. The molecule has 2 aromatic rings. The molecule has 0 spiro atoms. The molecule has 0 aliphatic rings. The summed E-state index contributed by atoms with van der Waals surface area (Å²) >= 11 is 6.11. The molecule has 0 aliphatic heterocycles. The maximum Gasteiger partial charge on any atom is 0.138 e. The van der Waals surface area contributed by atoms with Gasteiger partial charge in [-0.25, -0.2) is 4.39 Å². The molecule has 0 saturated heterocycles. The molecular weight excluding hydrogens is 289 g/mol. The van der Waals surface area contributed by atoms with Crippen molar-refractivity contribution >= 4 is 11.6 Å². The molecule has 2 unspecified atom stereocenters. The predicted molar refractivity (Wildman–Crippen MR) is 84.2 cm³/mol. The van der Waals surface area contributed by atoms with Crippen LogP contribution >= 0.6 is 11.6 Å². The summed E-state index contributed by atoms with van der Waals surface area (Å²) in [6, 6.07) is 11.5. The minimum Gasteiger partial charge on any atom is -0.484 e. The first-order chi connectivity index (χ1) is 10.0. The Labute approximate surface area is 129 Å². The van der Waals surface area contributed by atoms with Crippen LogP contribution in [0.15, 0.2) is 42.5 Å². The molecule has 2 aromatic carbocycles. The van der Waals surface area contributed by atoms with Crippen molar-refractivity contribution in [2.45, 2.75) is 32.4 Å². The first-order valence-corrected chi connectivity index (χ1v) is 7.35. The maximum absolute atomic E-state index is 13.0. The second kappa shape index (κ2) is 6.92. The van der Waals surface area contributed by atoms with Gasteiger partial charge in [0, 0.05) is 11.1 Å². The highest BCUT2D eigenvalue weighted by atomic mass is 35.5. The SMILES string of the molecule is CCc1cc(OC(c2ccc(F)cc2)C(C)N)ccc1Cl. The molecule has 21 heavy (non-hydrogen) atoms. The lowest BCUT2D eigenvalue weighted by Crippen LogP contribution is -2.29. The van der Waals surface area contributed by atoms with Gasteiger partial charge in [-0.2, -0.15) is 0 Å². The molecule has 2 N–H and O–H groups in total.